The van der Waals surface area contributed by atoms with E-state index < -0.39 is 0 Å². The van der Waals surface area contributed by atoms with Gasteiger partial charge in [-0.1, -0.05) is 11.8 Å². The molecule has 0 bridgehead atoms. The molecule has 0 saturated carbocycles. The third-order valence-electron chi connectivity index (χ3n) is 2.14. The fraction of sp³-hybridized carbons (Fsp3) is 0.300. The number of hydrogen-bond donors (Lipinski definition) is 2. The first-order valence-corrected chi connectivity index (χ1v) is 5.83. The number of aromatic nitrogens is 1. The van der Waals surface area contributed by atoms with E-state index in [1.54, 1.807) is 0 Å². The average Bonchev–Trinajstić information content (AvgIpc) is 2.86. The Bertz CT molecular complexity index is 464. The van der Waals surface area contributed by atoms with Crippen LogP contribution in [0.1, 0.15) is 27.8 Å². The van der Waals surface area contributed by atoms with Crippen LogP contribution in [0.15, 0.2) is 17.3 Å². The first kappa shape index (κ1) is 10.9. The highest BCUT2D eigenvalue weighted by Crippen LogP contribution is 2.10. The van der Waals surface area contributed by atoms with Gasteiger partial charge in [0, 0.05) is 17.5 Å². The van der Waals surface area contributed by atoms with E-state index in [0.29, 0.717) is 16.4 Å². The Kier molecular flexibility index (Phi) is 3.09. The van der Waals surface area contributed by atoms with Gasteiger partial charge in [0.15, 0.2) is 11.0 Å². The highest BCUT2D eigenvalue weighted by Gasteiger charge is 2.14. The minimum atomic E-state index is -0.263. The number of carbonyl (C=O) groups excluding carboxylic acids is 2. The van der Waals surface area contributed by atoms with Gasteiger partial charge in [-0.3, -0.25) is 14.6 Å². The zero-order valence-corrected chi connectivity index (χ0v) is 9.56. The Labute approximate surface area is 96.7 Å². The van der Waals surface area contributed by atoms with Gasteiger partial charge >= 0.3 is 0 Å². The Morgan fingerprint density at radius 1 is 1.56 bits per heavy atom. The largest absolute Gasteiger partial charge is 0.356 e. The van der Waals surface area contributed by atoms with Crippen molar-refractivity contribution in [1.82, 2.24) is 10.3 Å². The van der Waals surface area contributed by atoms with E-state index in [-0.39, 0.29) is 11.7 Å². The quantitative estimate of drug-likeness (QED) is 0.755. The van der Waals surface area contributed by atoms with E-state index in [2.05, 4.69) is 15.3 Å². The molecule has 1 aliphatic heterocycles. The molecular formula is C10H11N3O2S. The average molecular weight is 237 g/mol. The minimum Gasteiger partial charge on any atom is -0.356 e. The summed E-state index contributed by atoms with van der Waals surface area (Å²) in [5.41, 5.74) is 0.881. The summed E-state index contributed by atoms with van der Waals surface area (Å²) in [5, 5.41) is 3.32. The van der Waals surface area contributed by atoms with Crippen LogP contribution in [0.25, 0.3) is 0 Å². The van der Waals surface area contributed by atoms with Gasteiger partial charge in [0.05, 0.1) is 6.54 Å². The van der Waals surface area contributed by atoms with Gasteiger partial charge in [-0.25, -0.2) is 0 Å². The summed E-state index contributed by atoms with van der Waals surface area (Å²) in [5.74, 6) is 0.572. The molecule has 0 aliphatic carbocycles. The molecule has 0 radical (unpaired) electrons. The zero-order chi connectivity index (χ0) is 11.5. The highest BCUT2D eigenvalue weighted by atomic mass is 32.2. The number of amidine groups is 1. The molecule has 0 fully saturated rings. The maximum absolute atomic E-state index is 11.7. The normalized spacial score (nSPS) is 14.7. The first-order chi connectivity index (χ1) is 7.66. The van der Waals surface area contributed by atoms with Crippen molar-refractivity contribution in [2.75, 3.05) is 12.3 Å². The molecule has 2 heterocycles. The maximum atomic E-state index is 11.7. The number of aliphatic imine (C=N–C) groups is 1. The Balaban J connectivity index is 2.05. The van der Waals surface area contributed by atoms with Crippen LogP contribution in [0.3, 0.4) is 0 Å². The summed E-state index contributed by atoms with van der Waals surface area (Å²) in [6.07, 6.45) is 1.53. The molecule has 5 nitrogen and oxygen atoms in total. The van der Waals surface area contributed by atoms with Gasteiger partial charge < -0.3 is 10.3 Å². The number of Topliss-reactive ketones (excluding diaryl/α,β-unsaturated/α-hetero) is 1. The Morgan fingerprint density at radius 2 is 2.38 bits per heavy atom. The molecule has 2 N–H and O–H groups in total. The number of amides is 1. The summed E-state index contributed by atoms with van der Waals surface area (Å²) in [6.45, 7) is 2.20. The van der Waals surface area contributed by atoms with Crippen LogP contribution in [0.4, 0.5) is 0 Å². The molecule has 0 aromatic carbocycles. The van der Waals surface area contributed by atoms with Crippen LogP contribution in [0, 0.1) is 0 Å². The number of hydrogen-bond acceptors (Lipinski definition) is 4. The number of H-pyrrole nitrogens is 1. The second-order valence-electron chi connectivity index (χ2n) is 3.35. The molecule has 0 atom stereocenters. The lowest BCUT2D eigenvalue weighted by Gasteiger charge is -2.00. The third kappa shape index (κ3) is 2.33. The molecule has 6 heteroatoms. The predicted molar refractivity (Wildman–Crippen MR) is 63.0 cm³/mol. The van der Waals surface area contributed by atoms with E-state index in [1.165, 1.54) is 30.9 Å². The zero-order valence-electron chi connectivity index (χ0n) is 8.74. The molecule has 1 aliphatic rings. The highest BCUT2D eigenvalue weighted by molar-refractivity contribution is 8.14. The molecule has 84 valence electrons. The van der Waals surface area contributed by atoms with E-state index in [9.17, 15) is 9.59 Å². The van der Waals surface area contributed by atoms with Crippen LogP contribution >= 0.6 is 11.8 Å². The molecule has 1 amide bonds. The van der Waals surface area contributed by atoms with Crippen molar-refractivity contribution in [1.29, 1.82) is 0 Å². The first-order valence-electron chi connectivity index (χ1n) is 4.85. The van der Waals surface area contributed by atoms with Crippen molar-refractivity contribution in [3.05, 3.63) is 23.5 Å². The lowest BCUT2D eigenvalue weighted by molar-refractivity contribution is 0.0973. The predicted octanol–water partition coefficient (Wildman–Crippen LogP) is 1.05. The van der Waals surface area contributed by atoms with E-state index >= 15 is 0 Å². The molecule has 1 aromatic heterocycles. The molecule has 2 rings (SSSR count). The van der Waals surface area contributed by atoms with Crippen LogP contribution in [0.5, 0.6) is 0 Å². The number of aromatic amines is 1. The Morgan fingerprint density at radius 3 is 2.94 bits per heavy atom. The van der Waals surface area contributed by atoms with Crippen molar-refractivity contribution in [3.63, 3.8) is 0 Å². The van der Waals surface area contributed by atoms with Crippen LogP contribution in [0.2, 0.25) is 0 Å². The molecule has 0 spiro atoms. The van der Waals surface area contributed by atoms with Crippen LogP contribution in [-0.2, 0) is 0 Å². The molecule has 16 heavy (non-hydrogen) atoms. The second kappa shape index (κ2) is 4.52. The van der Waals surface area contributed by atoms with Gasteiger partial charge in [0.25, 0.3) is 5.91 Å². The SMILES string of the molecule is CC(=O)c1c[nH]c(C(=O)NC2=NCCS2)c1. The summed E-state index contributed by atoms with van der Waals surface area (Å²) in [6, 6.07) is 1.54. The monoisotopic (exact) mass is 237 g/mol. The van der Waals surface area contributed by atoms with Gasteiger partial charge in [0.2, 0.25) is 0 Å². The van der Waals surface area contributed by atoms with Gasteiger partial charge in [-0.05, 0) is 13.0 Å². The summed E-state index contributed by atoms with van der Waals surface area (Å²) in [4.78, 5) is 29.6. The van der Waals surface area contributed by atoms with Crippen molar-refractivity contribution in [3.8, 4) is 0 Å². The Hall–Kier alpha value is -1.56. The topological polar surface area (TPSA) is 74.3 Å². The number of nitrogens with one attached hydrogen (secondary N) is 2. The van der Waals surface area contributed by atoms with E-state index in [4.69, 9.17) is 0 Å². The molecular weight excluding hydrogens is 226 g/mol. The van der Waals surface area contributed by atoms with Crippen molar-refractivity contribution in [2.24, 2.45) is 4.99 Å². The molecule has 1 aromatic rings. The number of carbonyl (C=O) groups is 2. The molecule has 0 unspecified atom stereocenters. The van der Waals surface area contributed by atoms with Crippen LogP contribution in [-0.4, -0.2) is 34.1 Å². The lowest BCUT2D eigenvalue weighted by atomic mass is 10.2. The van der Waals surface area contributed by atoms with Gasteiger partial charge in [-0.15, -0.1) is 0 Å². The fourth-order valence-electron chi connectivity index (χ4n) is 1.30. The van der Waals surface area contributed by atoms with Crippen LogP contribution < -0.4 is 5.32 Å². The smallest absolute Gasteiger partial charge is 0.273 e. The number of rotatable bonds is 2. The number of ketones is 1. The fourth-order valence-corrected chi connectivity index (χ4v) is 2.03. The summed E-state index contributed by atoms with van der Waals surface area (Å²) in [7, 11) is 0. The summed E-state index contributed by atoms with van der Waals surface area (Å²) >= 11 is 1.52. The van der Waals surface area contributed by atoms with Gasteiger partial charge in [0.1, 0.15) is 5.69 Å². The van der Waals surface area contributed by atoms with Crippen molar-refractivity contribution >= 4 is 28.6 Å². The third-order valence-corrected chi connectivity index (χ3v) is 3.03. The van der Waals surface area contributed by atoms with Crippen molar-refractivity contribution in [2.45, 2.75) is 6.92 Å². The van der Waals surface area contributed by atoms with E-state index in [0.717, 1.165) is 12.3 Å². The van der Waals surface area contributed by atoms with Crippen molar-refractivity contribution < 1.29 is 9.59 Å². The second-order valence-corrected chi connectivity index (χ2v) is 4.43. The maximum Gasteiger partial charge on any atom is 0.273 e. The number of nitrogens with zero attached hydrogens (tertiary/aromatic N) is 1. The minimum absolute atomic E-state index is 0.0668. The number of thioether (sulfide) groups is 1. The summed E-state index contributed by atoms with van der Waals surface area (Å²) < 4.78 is 0. The standard InChI is InChI=1S/C10H11N3O2S/c1-6(14)7-4-8(12-5-7)9(15)13-10-11-2-3-16-10/h4-5,12H,2-3H2,1H3,(H,11,13,15). The lowest BCUT2D eigenvalue weighted by Crippen LogP contribution is -2.27. The van der Waals surface area contributed by atoms with Gasteiger partial charge in [-0.2, -0.15) is 0 Å². The molecule has 0 saturated heterocycles. The van der Waals surface area contributed by atoms with E-state index in [1.807, 2.05) is 0 Å².